The Bertz CT molecular complexity index is 796. The molecular formula is C20H22ClFN2S2. The smallest absolute Gasteiger partial charge is 0.151 e. The minimum Gasteiger partial charge on any atom is -0.303 e. The van der Waals surface area contributed by atoms with E-state index in [1.807, 2.05) is 35.2 Å². The Morgan fingerprint density at radius 2 is 1.81 bits per heavy atom. The molecule has 0 radical (unpaired) electrons. The largest absolute Gasteiger partial charge is 0.303 e. The summed E-state index contributed by atoms with van der Waals surface area (Å²) in [5, 5.41) is 0.669. The van der Waals surface area contributed by atoms with Crippen LogP contribution in [0, 0.1) is 5.82 Å². The van der Waals surface area contributed by atoms with Gasteiger partial charge in [-0.3, -0.25) is 0 Å². The number of aromatic nitrogens is 1. The van der Waals surface area contributed by atoms with Crippen LogP contribution in [0.4, 0.5) is 4.39 Å². The second kappa shape index (κ2) is 9.18. The topological polar surface area (TPSA) is 16.1 Å². The van der Waals surface area contributed by atoms with E-state index in [4.69, 9.17) is 4.98 Å². The van der Waals surface area contributed by atoms with Crippen LogP contribution in [0.25, 0.3) is 10.2 Å². The van der Waals surface area contributed by atoms with Crippen molar-refractivity contribution in [2.75, 3.05) is 19.6 Å². The predicted octanol–water partition coefficient (Wildman–Crippen LogP) is 5.66. The van der Waals surface area contributed by atoms with Gasteiger partial charge in [0, 0.05) is 11.8 Å². The molecule has 0 aliphatic carbocycles. The molecular weight excluding hydrogens is 387 g/mol. The highest BCUT2D eigenvalue weighted by Crippen LogP contribution is 2.35. The summed E-state index contributed by atoms with van der Waals surface area (Å²) in [6, 6.07) is 15.3. The Morgan fingerprint density at radius 1 is 1.08 bits per heavy atom. The van der Waals surface area contributed by atoms with Crippen molar-refractivity contribution in [2.24, 2.45) is 0 Å². The van der Waals surface area contributed by atoms with E-state index in [0.717, 1.165) is 31.6 Å². The first-order valence-corrected chi connectivity index (χ1v) is 10.4. The number of hydrogen-bond acceptors (Lipinski definition) is 4. The molecule has 2 heterocycles. The van der Waals surface area contributed by atoms with Gasteiger partial charge < -0.3 is 4.90 Å². The first-order valence-electron chi connectivity index (χ1n) is 8.75. The van der Waals surface area contributed by atoms with Gasteiger partial charge >= 0.3 is 0 Å². The Balaban J connectivity index is 0.00000196. The molecule has 1 saturated heterocycles. The Kier molecular flexibility index (Phi) is 6.92. The maximum Gasteiger partial charge on any atom is 0.151 e. The van der Waals surface area contributed by atoms with E-state index >= 15 is 0 Å². The van der Waals surface area contributed by atoms with Gasteiger partial charge in [-0.1, -0.05) is 36.0 Å². The van der Waals surface area contributed by atoms with Gasteiger partial charge in [0.1, 0.15) is 5.82 Å². The van der Waals surface area contributed by atoms with Crippen molar-refractivity contribution in [2.45, 2.75) is 28.9 Å². The van der Waals surface area contributed by atoms with Crippen LogP contribution in [-0.4, -0.2) is 34.8 Å². The van der Waals surface area contributed by atoms with Crippen molar-refractivity contribution in [3.63, 3.8) is 0 Å². The Hall–Kier alpha value is -1.14. The normalized spacial score (nSPS) is 15.9. The van der Waals surface area contributed by atoms with E-state index in [9.17, 15) is 4.39 Å². The zero-order chi connectivity index (χ0) is 17.1. The number of piperidine rings is 1. The number of halogens is 2. The number of nitrogens with zero attached hydrogens (tertiary/aromatic N) is 2. The first-order chi connectivity index (χ1) is 12.3. The monoisotopic (exact) mass is 408 g/mol. The van der Waals surface area contributed by atoms with E-state index in [1.165, 1.54) is 27.4 Å². The summed E-state index contributed by atoms with van der Waals surface area (Å²) < 4.78 is 15.4. The Labute approximate surface area is 168 Å². The van der Waals surface area contributed by atoms with E-state index in [1.54, 1.807) is 12.1 Å². The minimum atomic E-state index is -0.156. The third-order valence-electron chi connectivity index (χ3n) is 4.71. The fourth-order valence-electron chi connectivity index (χ4n) is 3.23. The van der Waals surface area contributed by atoms with Gasteiger partial charge in [0.05, 0.1) is 10.2 Å². The van der Waals surface area contributed by atoms with E-state index < -0.39 is 0 Å². The van der Waals surface area contributed by atoms with Crippen LogP contribution < -0.4 is 0 Å². The molecule has 6 heteroatoms. The van der Waals surface area contributed by atoms with Crippen LogP contribution in [0.1, 0.15) is 18.4 Å². The van der Waals surface area contributed by atoms with Crippen LogP contribution in [0.3, 0.4) is 0 Å². The van der Waals surface area contributed by atoms with E-state index in [0.29, 0.717) is 5.25 Å². The number of fused-ring (bicyclic) bond motifs is 1. The van der Waals surface area contributed by atoms with Crippen molar-refractivity contribution in [3.8, 4) is 0 Å². The number of thioether (sulfide) groups is 1. The maximum absolute atomic E-state index is 13.0. The molecule has 2 aromatic carbocycles. The average molecular weight is 409 g/mol. The zero-order valence-electron chi connectivity index (χ0n) is 14.4. The quantitative estimate of drug-likeness (QED) is 0.542. The summed E-state index contributed by atoms with van der Waals surface area (Å²) in [7, 11) is 0. The number of thiazole rings is 1. The van der Waals surface area contributed by atoms with Crippen LogP contribution >= 0.6 is 35.5 Å². The van der Waals surface area contributed by atoms with Gasteiger partial charge in [0.2, 0.25) is 0 Å². The highest BCUT2D eigenvalue weighted by molar-refractivity contribution is 8.01. The van der Waals surface area contributed by atoms with Crippen molar-refractivity contribution >= 4 is 45.7 Å². The third-order valence-corrected chi connectivity index (χ3v) is 7.17. The number of hydrogen-bond donors (Lipinski definition) is 0. The number of rotatable bonds is 5. The molecule has 138 valence electrons. The molecule has 0 bridgehead atoms. The first kappa shape index (κ1) is 19.6. The zero-order valence-corrected chi connectivity index (χ0v) is 16.9. The fourth-order valence-corrected chi connectivity index (χ4v) is 5.68. The van der Waals surface area contributed by atoms with Crippen molar-refractivity contribution < 1.29 is 4.39 Å². The molecule has 4 rings (SSSR count). The van der Waals surface area contributed by atoms with Gasteiger partial charge in [-0.15, -0.1) is 23.7 Å². The standard InChI is InChI=1S/C20H21FN2S2.ClH/c21-16-7-5-15(6-8-16)9-12-23-13-10-17(11-14-23)24-20-22-18-3-1-2-4-19(18)25-20;/h1-8,17H,9-14H2;1H. The molecule has 0 saturated carbocycles. The van der Waals surface area contributed by atoms with Crippen molar-refractivity contribution in [3.05, 3.63) is 59.9 Å². The van der Waals surface area contributed by atoms with E-state index in [-0.39, 0.29) is 18.2 Å². The van der Waals surface area contributed by atoms with Gasteiger partial charge in [0.25, 0.3) is 0 Å². The lowest BCUT2D eigenvalue weighted by Gasteiger charge is -2.31. The average Bonchev–Trinajstić information content (AvgIpc) is 3.05. The SMILES string of the molecule is Cl.Fc1ccc(CCN2CCC(Sc3nc4ccccc4s3)CC2)cc1. The molecule has 1 aliphatic rings. The lowest BCUT2D eigenvalue weighted by atomic mass is 10.1. The van der Waals surface area contributed by atoms with Crippen LogP contribution in [0.2, 0.25) is 0 Å². The van der Waals surface area contributed by atoms with Gasteiger partial charge in [-0.25, -0.2) is 9.37 Å². The molecule has 2 nitrogen and oxygen atoms in total. The molecule has 0 unspecified atom stereocenters. The highest BCUT2D eigenvalue weighted by Gasteiger charge is 2.21. The van der Waals surface area contributed by atoms with Gasteiger partial charge in [-0.05, 0) is 62.2 Å². The maximum atomic E-state index is 13.0. The molecule has 0 amide bonds. The second-order valence-corrected chi connectivity index (χ2v) is 9.06. The van der Waals surface area contributed by atoms with E-state index in [2.05, 4.69) is 29.2 Å². The molecule has 1 aromatic heterocycles. The number of para-hydroxylation sites is 1. The molecule has 1 fully saturated rings. The third kappa shape index (κ3) is 4.97. The van der Waals surface area contributed by atoms with Gasteiger partial charge in [-0.2, -0.15) is 0 Å². The molecule has 3 aromatic rings. The summed E-state index contributed by atoms with van der Waals surface area (Å²) in [4.78, 5) is 7.27. The van der Waals surface area contributed by atoms with Crippen molar-refractivity contribution in [1.82, 2.24) is 9.88 Å². The van der Waals surface area contributed by atoms with Crippen LogP contribution in [0.15, 0.2) is 52.9 Å². The lowest BCUT2D eigenvalue weighted by Crippen LogP contribution is -2.36. The number of likely N-dealkylation sites (tertiary alicyclic amines) is 1. The predicted molar refractivity (Wildman–Crippen MR) is 112 cm³/mol. The van der Waals surface area contributed by atoms with Gasteiger partial charge in [0.15, 0.2) is 4.34 Å². The summed E-state index contributed by atoms with van der Waals surface area (Å²) in [6.07, 6.45) is 3.42. The molecule has 0 spiro atoms. The summed E-state index contributed by atoms with van der Waals surface area (Å²) >= 11 is 3.76. The number of benzene rings is 2. The fraction of sp³-hybridized carbons (Fsp3) is 0.350. The second-order valence-electron chi connectivity index (χ2n) is 6.48. The summed E-state index contributed by atoms with van der Waals surface area (Å²) in [5.41, 5.74) is 2.33. The highest BCUT2D eigenvalue weighted by atomic mass is 35.5. The summed E-state index contributed by atoms with van der Waals surface area (Å²) in [5.74, 6) is -0.156. The molecule has 1 aliphatic heterocycles. The molecule has 26 heavy (non-hydrogen) atoms. The molecule has 0 atom stereocenters. The Morgan fingerprint density at radius 3 is 2.54 bits per heavy atom. The van der Waals surface area contributed by atoms with Crippen LogP contribution in [0.5, 0.6) is 0 Å². The lowest BCUT2D eigenvalue weighted by molar-refractivity contribution is 0.235. The molecule has 0 N–H and O–H groups in total. The minimum absolute atomic E-state index is 0. The van der Waals surface area contributed by atoms with Crippen LogP contribution in [-0.2, 0) is 6.42 Å². The summed E-state index contributed by atoms with van der Waals surface area (Å²) in [6.45, 7) is 3.34. The van der Waals surface area contributed by atoms with Crippen molar-refractivity contribution in [1.29, 1.82) is 0 Å².